The van der Waals surface area contributed by atoms with Gasteiger partial charge >= 0.3 is 0 Å². The minimum atomic E-state index is -3.74. The van der Waals surface area contributed by atoms with Crippen LogP contribution in [0.25, 0.3) is 11.1 Å². The van der Waals surface area contributed by atoms with Crippen molar-refractivity contribution < 1.29 is 22.3 Å². The Kier molecular flexibility index (Phi) is 4.29. The van der Waals surface area contributed by atoms with Gasteiger partial charge in [0.05, 0.1) is 12.0 Å². The Morgan fingerprint density at radius 2 is 1.78 bits per heavy atom. The first-order valence-corrected chi connectivity index (χ1v) is 10.2. The number of hydrogen-bond acceptors (Lipinski definition) is 4. The van der Waals surface area contributed by atoms with Gasteiger partial charge in [0.15, 0.2) is 5.78 Å². The Morgan fingerprint density at radius 1 is 1.07 bits per heavy atom. The molecule has 27 heavy (non-hydrogen) atoms. The van der Waals surface area contributed by atoms with E-state index in [-0.39, 0.29) is 31.1 Å². The van der Waals surface area contributed by atoms with Crippen LogP contribution in [-0.2, 0) is 10.2 Å². The predicted octanol–water partition coefficient (Wildman–Crippen LogP) is 2.50. The fourth-order valence-electron chi connectivity index (χ4n) is 3.78. The van der Waals surface area contributed by atoms with Crippen LogP contribution >= 0.6 is 0 Å². The molecule has 0 bridgehead atoms. The molecule has 2 aromatic carbocycles. The van der Waals surface area contributed by atoms with Crippen LogP contribution in [0.3, 0.4) is 0 Å². The smallest absolute Gasteiger partial charge is 0.276 e. The number of hydrogen-bond donors (Lipinski definition) is 1. The molecule has 0 unspecified atom stereocenters. The Morgan fingerprint density at radius 3 is 2.44 bits per heavy atom. The number of piperidine rings is 1. The van der Waals surface area contributed by atoms with Gasteiger partial charge in [-0.25, -0.2) is 9.53 Å². The van der Waals surface area contributed by atoms with E-state index in [1.54, 1.807) is 36.4 Å². The molecule has 1 spiro atoms. The zero-order valence-electron chi connectivity index (χ0n) is 14.5. The number of halogens is 1. The molecule has 2 aliphatic rings. The summed E-state index contributed by atoms with van der Waals surface area (Å²) in [6.45, 7) is 0.434. The Bertz CT molecular complexity index is 1010. The average Bonchev–Trinajstić information content (AvgIpc) is 2.62. The lowest BCUT2D eigenvalue weighted by Gasteiger charge is -2.43. The number of ether oxygens (including phenoxy) is 1. The van der Waals surface area contributed by atoms with Crippen LogP contribution in [0.2, 0.25) is 0 Å². The van der Waals surface area contributed by atoms with Crippen LogP contribution in [0.4, 0.5) is 4.39 Å². The lowest BCUT2D eigenvalue weighted by Crippen LogP contribution is -2.53. The molecule has 6 nitrogen and oxygen atoms in total. The monoisotopic (exact) mass is 390 g/mol. The Labute approximate surface area is 156 Å². The maximum Gasteiger partial charge on any atom is 0.276 e. The van der Waals surface area contributed by atoms with Crippen molar-refractivity contribution in [2.24, 2.45) is 5.14 Å². The summed E-state index contributed by atoms with van der Waals surface area (Å²) in [6, 6.07) is 11.5. The van der Waals surface area contributed by atoms with E-state index in [0.717, 1.165) is 0 Å². The van der Waals surface area contributed by atoms with Crippen molar-refractivity contribution in [3.8, 4) is 16.9 Å². The number of carbonyl (C=O) groups excluding carboxylic acids is 1. The molecular weight excluding hydrogens is 371 g/mol. The number of nitrogens with zero attached hydrogens (tertiary/aromatic N) is 1. The molecule has 142 valence electrons. The molecule has 0 saturated carbocycles. The third kappa shape index (κ3) is 3.36. The van der Waals surface area contributed by atoms with Crippen molar-refractivity contribution in [1.82, 2.24) is 4.31 Å². The molecule has 8 heteroatoms. The third-order valence-corrected chi connectivity index (χ3v) is 6.35. The van der Waals surface area contributed by atoms with Gasteiger partial charge in [-0.15, -0.1) is 0 Å². The summed E-state index contributed by atoms with van der Waals surface area (Å²) < 4.78 is 44.3. The molecule has 1 fully saturated rings. The van der Waals surface area contributed by atoms with E-state index in [4.69, 9.17) is 9.88 Å². The number of carbonyl (C=O) groups is 1. The van der Waals surface area contributed by atoms with Crippen LogP contribution < -0.4 is 9.88 Å². The van der Waals surface area contributed by atoms with Gasteiger partial charge < -0.3 is 4.74 Å². The second kappa shape index (κ2) is 6.40. The lowest BCUT2D eigenvalue weighted by molar-refractivity contribution is 0.00594. The minimum Gasteiger partial charge on any atom is -0.486 e. The fraction of sp³-hybridized carbons (Fsp3) is 0.316. The highest BCUT2D eigenvalue weighted by molar-refractivity contribution is 7.86. The molecule has 0 aromatic heterocycles. The van der Waals surface area contributed by atoms with Gasteiger partial charge in [-0.2, -0.15) is 12.7 Å². The molecule has 0 radical (unpaired) electrons. The SMILES string of the molecule is NS(=O)(=O)N1CCC2(CC1)CC(=O)c1cc(-c3ccccc3F)ccc1O2. The number of nitrogens with two attached hydrogens (primary N) is 1. The highest BCUT2D eigenvalue weighted by Crippen LogP contribution is 2.41. The van der Waals surface area contributed by atoms with Crippen molar-refractivity contribution in [2.45, 2.75) is 24.9 Å². The normalized spacial score (nSPS) is 19.6. The standard InChI is InChI=1S/C19H19FN2O4S/c20-16-4-2-1-3-14(16)13-5-6-18-15(11-13)17(23)12-19(26-18)7-9-22(10-8-19)27(21,24)25/h1-6,11H,7-10,12H2,(H2,21,24,25). The number of rotatable bonds is 2. The van der Waals surface area contributed by atoms with Gasteiger partial charge in [-0.3, -0.25) is 4.79 Å². The molecule has 4 rings (SSSR count). The first-order chi connectivity index (χ1) is 12.8. The van der Waals surface area contributed by atoms with Crippen molar-refractivity contribution >= 4 is 16.0 Å². The molecule has 0 atom stereocenters. The molecular formula is C19H19FN2O4S. The fourth-order valence-corrected chi connectivity index (χ4v) is 4.48. The first kappa shape index (κ1) is 18.1. The third-order valence-electron chi connectivity index (χ3n) is 5.27. The molecule has 0 aliphatic carbocycles. The van der Waals surface area contributed by atoms with Crippen LogP contribution in [-0.4, -0.2) is 37.2 Å². The molecule has 2 heterocycles. The molecule has 1 saturated heterocycles. The lowest BCUT2D eigenvalue weighted by atomic mass is 9.82. The van der Waals surface area contributed by atoms with Crippen molar-refractivity contribution in [2.75, 3.05) is 13.1 Å². The molecule has 2 N–H and O–H groups in total. The van der Waals surface area contributed by atoms with Crippen molar-refractivity contribution in [1.29, 1.82) is 0 Å². The largest absolute Gasteiger partial charge is 0.486 e. The molecule has 2 aliphatic heterocycles. The van der Waals surface area contributed by atoms with Crippen LogP contribution in [0, 0.1) is 5.82 Å². The number of Topliss-reactive ketones (excluding diaryl/α,β-unsaturated/α-hetero) is 1. The van der Waals surface area contributed by atoms with Crippen LogP contribution in [0.1, 0.15) is 29.6 Å². The summed E-state index contributed by atoms with van der Waals surface area (Å²) in [5, 5.41) is 5.18. The van der Waals surface area contributed by atoms with Crippen LogP contribution in [0.5, 0.6) is 5.75 Å². The van der Waals surface area contributed by atoms with Gasteiger partial charge in [0, 0.05) is 31.5 Å². The first-order valence-electron chi connectivity index (χ1n) is 8.67. The number of ketones is 1. The van der Waals surface area contributed by atoms with Crippen molar-refractivity contribution in [3.63, 3.8) is 0 Å². The Hall–Kier alpha value is -2.29. The average molecular weight is 390 g/mol. The van der Waals surface area contributed by atoms with E-state index < -0.39 is 15.8 Å². The van der Waals surface area contributed by atoms with Gasteiger partial charge in [0.1, 0.15) is 17.2 Å². The maximum absolute atomic E-state index is 14.0. The summed E-state index contributed by atoms with van der Waals surface area (Å²) in [7, 11) is -3.74. The predicted molar refractivity (Wildman–Crippen MR) is 98.1 cm³/mol. The second-order valence-corrected chi connectivity index (χ2v) is 8.57. The van der Waals surface area contributed by atoms with E-state index in [1.807, 2.05) is 0 Å². The highest BCUT2D eigenvalue weighted by Gasteiger charge is 2.44. The quantitative estimate of drug-likeness (QED) is 0.853. The number of benzene rings is 2. The number of fused-ring (bicyclic) bond motifs is 1. The second-order valence-electron chi connectivity index (χ2n) is 7.02. The maximum atomic E-state index is 14.0. The summed E-state index contributed by atoms with van der Waals surface area (Å²) >= 11 is 0. The van der Waals surface area contributed by atoms with E-state index >= 15 is 0 Å². The Balaban J connectivity index is 1.61. The highest BCUT2D eigenvalue weighted by atomic mass is 32.2. The summed E-state index contributed by atoms with van der Waals surface area (Å²) in [4.78, 5) is 12.8. The summed E-state index contributed by atoms with van der Waals surface area (Å²) in [6.07, 6.45) is 0.951. The van der Waals surface area contributed by atoms with E-state index in [9.17, 15) is 17.6 Å². The zero-order valence-corrected chi connectivity index (χ0v) is 15.3. The van der Waals surface area contributed by atoms with Gasteiger partial charge in [0.2, 0.25) is 0 Å². The molecule has 2 aromatic rings. The molecule has 0 amide bonds. The van der Waals surface area contributed by atoms with E-state index in [1.165, 1.54) is 10.4 Å². The van der Waals surface area contributed by atoms with Gasteiger partial charge in [-0.1, -0.05) is 24.3 Å². The van der Waals surface area contributed by atoms with E-state index in [0.29, 0.717) is 35.3 Å². The van der Waals surface area contributed by atoms with Gasteiger partial charge in [0.25, 0.3) is 10.2 Å². The summed E-state index contributed by atoms with van der Waals surface area (Å²) in [5.41, 5.74) is 0.749. The zero-order chi connectivity index (χ0) is 19.2. The van der Waals surface area contributed by atoms with Crippen molar-refractivity contribution in [3.05, 3.63) is 53.8 Å². The van der Waals surface area contributed by atoms with Gasteiger partial charge in [-0.05, 0) is 23.8 Å². The topological polar surface area (TPSA) is 89.7 Å². The minimum absolute atomic E-state index is 0.0847. The van der Waals surface area contributed by atoms with E-state index in [2.05, 4.69) is 0 Å². The van der Waals surface area contributed by atoms with Crippen LogP contribution in [0.15, 0.2) is 42.5 Å². The summed E-state index contributed by atoms with van der Waals surface area (Å²) in [5.74, 6) is 0.0161.